The molecule has 1 aromatic heterocycles. The van der Waals surface area contributed by atoms with Gasteiger partial charge in [-0.1, -0.05) is 17.7 Å². The average molecular weight is 325 g/mol. The number of amides is 1. The Hall–Kier alpha value is -2.14. The number of carbonyl (C=O) groups is 1. The van der Waals surface area contributed by atoms with Gasteiger partial charge in [0.2, 0.25) is 0 Å². The van der Waals surface area contributed by atoms with Gasteiger partial charge in [0, 0.05) is 24.3 Å². The van der Waals surface area contributed by atoms with E-state index in [2.05, 4.69) is 31.2 Å². The molecule has 1 amide bonds. The minimum atomic E-state index is 0.0577. The zero-order valence-electron chi connectivity index (χ0n) is 14.1. The maximum atomic E-state index is 13.0. The zero-order chi connectivity index (χ0) is 16.5. The van der Waals surface area contributed by atoms with Crippen molar-refractivity contribution in [2.45, 2.75) is 32.6 Å². The highest BCUT2D eigenvalue weighted by atomic mass is 16.5. The summed E-state index contributed by atoms with van der Waals surface area (Å²) in [5.74, 6) is 0.0577. The zero-order valence-corrected chi connectivity index (χ0v) is 14.1. The normalized spacial score (nSPS) is 17.6. The molecule has 1 aliphatic carbocycles. The van der Waals surface area contributed by atoms with Crippen LogP contribution in [0.1, 0.15) is 40.2 Å². The molecule has 0 bridgehead atoms. The number of carbonyl (C=O) groups excluding carboxylic acids is 1. The summed E-state index contributed by atoms with van der Waals surface area (Å²) in [7, 11) is 0. The van der Waals surface area contributed by atoms with Crippen LogP contribution >= 0.6 is 0 Å². The lowest BCUT2D eigenvalue weighted by Crippen LogP contribution is -2.41. The van der Waals surface area contributed by atoms with Gasteiger partial charge < -0.3 is 9.64 Å². The Balaban J connectivity index is 1.74. The third-order valence-electron chi connectivity index (χ3n) is 4.96. The molecule has 1 aromatic carbocycles. The van der Waals surface area contributed by atoms with Crippen molar-refractivity contribution in [2.24, 2.45) is 0 Å². The van der Waals surface area contributed by atoms with Gasteiger partial charge in [0.05, 0.1) is 18.9 Å². The number of rotatable bonds is 2. The van der Waals surface area contributed by atoms with E-state index >= 15 is 0 Å². The van der Waals surface area contributed by atoms with E-state index < -0.39 is 0 Å². The number of morpholine rings is 1. The molecule has 2 aromatic rings. The minimum Gasteiger partial charge on any atom is -0.378 e. The van der Waals surface area contributed by atoms with Crippen molar-refractivity contribution in [3.63, 3.8) is 0 Å². The number of aromatic nitrogens is 2. The van der Waals surface area contributed by atoms with Gasteiger partial charge in [-0.2, -0.15) is 5.10 Å². The van der Waals surface area contributed by atoms with Gasteiger partial charge in [0.1, 0.15) is 0 Å². The molecule has 0 spiro atoms. The fourth-order valence-electron chi connectivity index (χ4n) is 3.59. The Morgan fingerprint density at radius 1 is 1.08 bits per heavy atom. The van der Waals surface area contributed by atoms with Crippen molar-refractivity contribution in [1.29, 1.82) is 0 Å². The summed E-state index contributed by atoms with van der Waals surface area (Å²) < 4.78 is 7.35. The third-order valence-corrected chi connectivity index (χ3v) is 4.96. The molecule has 1 fully saturated rings. The van der Waals surface area contributed by atoms with Crippen molar-refractivity contribution < 1.29 is 9.53 Å². The second kappa shape index (κ2) is 6.40. The minimum absolute atomic E-state index is 0.0577. The van der Waals surface area contributed by atoms with Crippen LogP contribution in [0.2, 0.25) is 0 Å². The summed E-state index contributed by atoms with van der Waals surface area (Å²) in [5, 5.41) is 4.75. The van der Waals surface area contributed by atoms with Crippen LogP contribution < -0.4 is 0 Å². The molecule has 0 N–H and O–H groups in total. The van der Waals surface area contributed by atoms with Gasteiger partial charge >= 0.3 is 0 Å². The number of hydrogen-bond donors (Lipinski definition) is 0. The van der Waals surface area contributed by atoms with Gasteiger partial charge in [-0.25, -0.2) is 4.68 Å². The topological polar surface area (TPSA) is 47.4 Å². The Morgan fingerprint density at radius 2 is 1.79 bits per heavy atom. The molecule has 2 heterocycles. The fraction of sp³-hybridized carbons (Fsp3) is 0.474. The standard InChI is InChI=1S/C19H23N3O2/c1-14-6-8-15(9-7-14)22-17-5-3-2-4-16(17)18(20-22)19(23)21-10-12-24-13-11-21/h6-9H,2-5,10-13H2,1H3. The summed E-state index contributed by atoms with van der Waals surface area (Å²) >= 11 is 0. The number of benzene rings is 1. The van der Waals surface area contributed by atoms with Gasteiger partial charge in [-0.15, -0.1) is 0 Å². The molecule has 1 aliphatic heterocycles. The molecule has 4 rings (SSSR count). The van der Waals surface area contributed by atoms with Crippen LogP contribution in [0.25, 0.3) is 5.69 Å². The Kier molecular flexibility index (Phi) is 4.10. The van der Waals surface area contributed by atoms with Crippen LogP contribution in [0.3, 0.4) is 0 Å². The molecule has 0 saturated carbocycles. The van der Waals surface area contributed by atoms with E-state index in [4.69, 9.17) is 9.84 Å². The summed E-state index contributed by atoms with van der Waals surface area (Å²) in [6.45, 7) is 4.63. The molecular formula is C19H23N3O2. The number of ether oxygens (including phenoxy) is 1. The quantitative estimate of drug-likeness (QED) is 0.852. The number of aryl methyl sites for hydroxylation is 1. The van der Waals surface area contributed by atoms with E-state index in [1.807, 2.05) is 9.58 Å². The smallest absolute Gasteiger partial charge is 0.274 e. The predicted molar refractivity (Wildman–Crippen MR) is 91.7 cm³/mol. The third kappa shape index (κ3) is 2.73. The number of nitrogens with zero attached hydrogens (tertiary/aromatic N) is 3. The van der Waals surface area contributed by atoms with E-state index in [1.165, 1.54) is 11.3 Å². The lowest BCUT2D eigenvalue weighted by molar-refractivity contribution is 0.0298. The van der Waals surface area contributed by atoms with Crippen LogP contribution in [-0.4, -0.2) is 46.9 Å². The highest BCUT2D eigenvalue weighted by Crippen LogP contribution is 2.28. The van der Waals surface area contributed by atoms with E-state index in [0.717, 1.165) is 36.9 Å². The van der Waals surface area contributed by atoms with Crippen LogP contribution in [0.4, 0.5) is 0 Å². The van der Waals surface area contributed by atoms with Crippen molar-refractivity contribution in [3.05, 3.63) is 46.8 Å². The van der Waals surface area contributed by atoms with Crippen LogP contribution in [0.5, 0.6) is 0 Å². The summed E-state index contributed by atoms with van der Waals surface area (Å²) in [5.41, 5.74) is 5.27. The maximum absolute atomic E-state index is 13.0. The maximum Gasteiger partial charge on any atom is 0.274 e. The van der Waals surface area contributed by atoms with Crippen molar-refractivity contribution in [1.82, 2.24) is 14.7 Å². The molecule has 2 aliphatic rings. The van der Waals surface area contributed by atoms with Crippen molar-refractivity contribution >= 4 is 5.91 Å². The predicted octanol–water partition coefficient (Wildman–Crippen LogP) is 2.53. The molecule has 126 valence electrons. The highest BCUT2D eigenvalue weighted by molar-refractivity contribution is 5.94. The van der Waals surface area contributed by atoms with E-state index in [0.29, 0.717) is 32.0 Å². The monoisotopic (exact) mass is 325 g/mol. The van der Waals surface area contributed by atoms with E-state index in [-0.39, 0.29) is 5.91 Å². The first-order valence-corrected chi connectivity index (χ1v) is 8.79. The molecular weight excluding hydrogens is 302 g/mol. The Bertz CT molecular complexity index is 743. The molecule has 0 radical (unpaired) electrons. The first-order chi connectivity index (χ1) is 11.7. The summed E-state index contributed by atoms with van der Waals surface area (Å²) in [6, 6.07) is 8.35. The largest absolute Gasteiger partial charge is 0.378 e. The van der Waals surface area contributed by atoms with Crippen LogP contribution in [0.15, 0.2) is 24.3 Å². The molecule has 5 nitrogen and oxygen atoms in total. The van der Waals surface area contributed by atoms with Gasteiger partial charge in [-0.3, -0.25) is 4.79 Å². The SMILES string of the molecule is Cc1ccc(-n2nc(C(=O)N3CCOCC3)c3c2CCCC3)cc1. The summed E-state index contributed by atoms with van der Waals surface area (Å²) in [4.78, 5) is 14.8. The fourth-order valence-corrected chi connectivity index (χ4v) is 3.59. The van der Waals surface area contributed by atoms with Gasteiger partial charge in [-0.05, 0) is 44.7 Å². The lowest BCUT2D eigenvalue weighted by Gasteiger charge is -2.26. The molecule has 24 heavy (non-hydrogen) atoms. The van der Waals surface area contributed by atoms with Crippen LogP contribution in [0, 0.1) is 6.92 Å². The van der Waals surface area contributed by atoms with Crippen molar-refractivity contribution in [2.75, 3.05) is 26.3 Å². The van der Waals surface area contributed by atoms with E-state index in [1.54, 1.807) is 0 Å². The van der Waals surface area contributed by atoms with E-state index in [9.17, 15) is 4.79 Å². The summed E-state index contributed by atoms with van der Waals surface area (Å²) in [6.07, 6.45) is 4.24. The average Bonchev–Trinajstić information content (AvgIpc) is 3.02. The number of fused-ring (bicyclic) bond motifs is 1. The second-order valence-corrected chi connectivity index (χ2v) is 6.63. The van der Waals surface area contributed by atoms with Gasteiger partial charge in [0.25, 0.3) is 5.91 Å². The lowest BCUT2D eigenvalue weighted by atomic mass is 9.95. The molecule has 5 heteroatoms. The Morgan fingerprint density at radius 3 is 2.54 bits per heavy atom. The van der Waals surface area contributed by atoms with Crippen LogP contribution in [-0.2, 0) is 17.6 Å². The molecule has 0 unspecified atom stereocenters. The first-order valence-electron chi connectivity index (χ1n) is 8.79. The number of hydrogen-bond acceptors (Lipinski definition) is 3. The highest BCUT2D eigenvalue weighted by Gasteiger charge is 2.29. The Labute approximate surface area is 142 Å². The molecule has 0 atom stereocenters. The van der Waals surface area contributed by atoms with Gasteiger partial charge in [0.15, 0.2) is 5.69 Å². The molecule has 1 saturated heterocycles. The first kappa shape index (κ1) is 15.4. The van der Waals surface area contributed by atoms with Crippen molar-refractivity contribution in [3.8, 4) is 5.69 Å². The second-order valence-electron chi connectivity index (χ2n) is 6.63.